The largest absolute Gasteiger partial charge is 0.474 e. The lowest BCUT2D eigenvalue weighted by molar-refractivity contribution is -0.116. The van der Waals surface area contributed by atoms with Gasteiger partial charge in [-0.25, -0.2) is 4.98 Å². The minimum absolute atomic E-state index is 0.0142. The van der Waals surface area contributed by atoms with Crippen LogP contribution in [0.2, 0.25) is 0 Å². The molecule has 0 spiro atoms. The zero-order chi connectivity index (χ0) is 17.2. The number of aromatic nitrogens is 1. The Hall–Kier alpha value is -2.04. The van der Waals surface area contributed by atoms with Crippen LogP contribution in [0.25, 0.3) is 0 Å². The van der Waals surface area contributed by atoms with Gasteiger partial charge in [-0.1, -0.05) is 6.07 Å². The molecule has 0 fully saturated rings. The molecule has 5 nitrogen and oxygen atoms in total. The summed E-state index contributed by atoms with van der Waals surface area (Å²) in [6, 6.07) is 3.99. The maximum Gasteiger partial charge on any atom is 0.224 e. The van der Waals surface area contributed by atoms with Crippen molar-refractivity contribution in [2.24, 2.45) is 0 Å². The molecule has 0 atom stereocenters. The molecule has 0 saturated heterocycles. The second-order valence-corrected chi connectivity index (χ2v) is 6.95. The number of pyridine rings is 1. The number of carbonyl (C=O) groups is 1. The van der Waals surface area contributed by atoms with Crippen molar-refractivity contribution in [2.45, 2.75) is 46.1 Å². The standard InChI is InChI=1S/C18H27N3O2/c1-13(22)20(6)17-8-7-15-9-11-21(12-10-16(15)19-17)14(2)23-18(3,4)5/h7-8H,2,9-12H2,1,3-6H3. The summed E-state index contributed by atoms with van der Waals surface area (Å²) in [6.45, 7) is 13.4. The van der Waals surface area contributed by atoms with Gasteiger partial charge < -0.3 is 14.5 Å². The van der Waals surface area contributed by atoms with Crippen LogP contribution in [0.15, 0.2) is 24.6 Å². The van der Waals surface area contributed by atoms with Crippen LogP contribution >= 0.6 is 0 Å². The second kappa shape index (κ2) is 6.60. The van der Waals surface area contributed by atoms with Gasteiger partial charge in [-0.15, -0.1) is 0 Å². The average Bonchev–Trinajstić information content (AvgIpc) is 2.66. The van der Waals surface area contributed by atoms with Crippen molar-refractivity contribution >= 4 is 11.7 Å². The third kappa shape index (κ3) is 4.47. The topological polar surface area (TPSA) is 45.7 Å². The Balaban J connectivity index is 2.11. The highest BCUT2D eigenvalue weighted by atomic mass is 16.5. The first-order valence-electron chi connectivity index (χ1n) is 8.03. The highest BCUT2D eigenvalue weighted by Gasteiger charge is 2.21. The van der Waals surface area contributed by atoms with Crippen molar-refractivity contribution in [1.29, 1.82) is 0 Å². The summed E-state index contributed by atoms with van der Waals surface area (Å²) in [5, 5.41) is 0. The molecule has 0 N–H and O–H groups in total. The number of fused-ring (bicyclic) bond motifs is 1. The van der Waals surface area contributed by atoms with Crippen LogP contribution in [0.4, 0.5) is 5.82 Å². The van der Waals surface area contributed by atoms with Crippen LogP contribution in [0.3, 0.4) is 0 Å². The molecule has 0 aliphatic carbocycles. The van der Waals surface area contributed by atoms with Crippen LogP contribution < -0.4 is 4.90 Å². The smallest absolute Gasteiger partial charge is 0.224 e. The quantitative estimate of drug-likeness (QED) is 0.804. The van der Waals surface area contributed by atoms with E-state index in [2.05, 4.69) is 22.5 Å². The highest BCUT2D eigenvalue weighted by molar-refractivity contribution is 5.89. The Bertz CT molecular complexity index is 605. The summed E-state index contributed by atoms with van der Waals surface area (Å²) in [5.41, 5.74) is 2.05. The SMILES string of the molecule is C=C(OC(C)(C)C)N1CCc2ccc(N(C)C(C)=O)nc2CC1. The van der Waals surface area contributed by atoms with Gasteiger partial charge in [0.1, 0.15) is 11.4 Å². The third-order valence-electron chi connectivity index (χ3n) is 3.92. The summed E-state index contributed by atoms with van der Waals surface area (Å²) in [7, 11) is 1.75. The molecule has 0 bridgehead atoms. The highest BCUT2D eigenvalue weighted by Crippen LogP contribution is 2.22. The van der Waals surface area contributed by atoms with E-state index in [0.717, 1.165) is 31.6 Å². The number of carbonyl (C=O) groups excluding carboxylic acids is 1. The minimum Gasteiger partial charge on any atom is -0.474 e. The van der Waals surface area contributed by atoms with Crippen LogP contribution in [0, 0.1) is 0 Å². The van der Waals surface area contributed by atoms with E-state index >= 15 is 0 Å². The lowest BCUT2D eigenvalue weighted by Gasteiger charge is -2.30. The first-order valence-corrected chi connectivity index (χ1v) is 8.03. The first-order chi connectivity index (χ1) is 10.7. The Morgan fingerprint density at radius 1 is 1.30 bits per heavy atom. The van der Waals surface area contributed by atoms with Gasteiger partial charge in [-0.3, -0.25) is 4.79 Å². The molecular weight excluding hydrogens is 290 g/mol. The second-order valence-electron chi connectivity index (χ2n) is 6.95. The van der Waals surface area contributed by atoms with Gasteiger partial charge in [0.15, 0.2) is 5.88 Å². The summed E-state index contributed by atoms with van der Waals surface area (Å²) in [4.78, 5) is 19.9. The van der Waals surface area contributed by atoms with Crippen LogP contribution in [0.5, 0.6) is 0 Å². The maximum absolute atomic E-state index is 11.5. The maximum atomic E-state index is 11.5. The van der Waals surface area contributed by atoms with Crippen molar-refractivity contribution in [2.75, 3.05) is 25.0 Å². The molecule has 2 heterocycles. The summed E-state index contributed by atoms with van der Waals surface area (Å²) >= 11 is 0. The van der Waals surface area contributed by atoms with Crippen molar-refractivity contribution in [3.05, 3.63) is 35.9 Å². The van der Waals surface area contributed by atoms with Crippen molar-refractivity contribution in [3.8, 4) is 0 Å². The van der Waals surface area contributed by atoms with Crippen molar-refractivity contribution in [1.82, 2.24) is 9.88 Å². The molecule has 1 aromatic heterocycles. The number of amides is 1. The van der Waals surface area contributed by atoms with Crippen LogP contribution in [-0.4, -0.2) is 41.5 Å². The van der Waals surface area contributed by atoms with Gasteiger partial charge in [-0.05, 0) is 45.4 Å². The Labute approximate surface area is 138 Å². The fourth-order valence-corrected chi connectivity index (χ4v) is 2.59. The van der Waals surface area contributed by atoms with E-state index < -0.39 is 0 Å². The number of rotatable bonds is 3. The van der Waals surface area contributed by atoms with Gasteiger partial charge in [-0.2, -0.15) is 0 Å². The summed E-state index contributed by atoms with van der Waals surface area (Å²) < 4.78 is 5.88. The molecule has 126 valence electrons. The van der Waals surface area contributed by atoms with E-state index in [1.807, 2.05) is 26.8 Å². The minimum atomic E-state index is -0.244. The van der Waals surface area contributed by atoms with E-state index in [1.54, 1.807) is 18.9 Å². The predicted octanol–water partition coefficient (Wildman–Crippen LogP) is 2.75. The Morgan fingerprint density at radius 3 is 2.57 bits per heavy atom. The predicted molar refractivity (Wildman–Crippen MR) is 92.3 cm³/mol. The summed E-state index contributed by atoms with van der Waals surface area (Å²) in [6.07, 6.45) is 1.72. The monoisotopic (exact) mass is 317 g/mol. The zero-order valence-corrected chi connectivity index (χ0v) is 14.8. The molecular formula is C18H27N3O2. The Kier molecular flexibility index (Phi) is 4.97. The molecule has 0 radical (unpaired) electrons. The molecule has 2 rings (SSSR count). The number of anilines is 1. The van der Waals surface area contributed by atoms with Gasteiger partial charge in [0, 0.05) is 39.2 Å². The molecule has 0 aromatic carbocycles. The molecule has 1 aromatic rings. The molecule has 23 heavy (non-hydrogen) atoms. The fourth-order valence-electron chi connectivity index (χ4n) is 2.59. The van der Waals surface area contributed by atoms with Gasteiger partial charge in [0.2, 0.25) is 5.91 Å². The number of nitrogens with zero attached hydrogens (tertiary/aromatic N) is 3. The Morgan fingerprint density at radius 2 is 1.96 bits per heavy atom. The van der Waals surface area contributed by atoms with Gasteiger partial charge in [0.25, 0.3) is 0 Å². The van der Waals surface area contributed by atoms with Gasteiger partial charge in [0.05, 0.1) is 0 Å². The van der Waals surface area contributed by atoms with E-state index in [4.69, 9.17) is 4.74 Å². The van der Waals surface area contributed by atoms with E-state index in [-0.39, 0.29) is 11.5 Å². The summed E-state index contributed by atoms with van der Waals surface area (Å²) in [5.74, 6) is 1.40. The van der Waals surface area contributed by atoms with E-state index in [9.17, 15) is 4.79 Å². The van der Waals surface area contributed by atoms with E-state index in [1.165, 1.54) is 5.56 Å². The van der Waals surface area contributed by atoms with Crippen molar-refractivity contribution in [3.63, 3.8) is 0 Å². The molecule has 1 aliphatic rings. The van der Waals surface area contributed by atoms with Gasteiger partial charge >= 0.3 is 0 Å². The number of hydrogen-bond donors (Lipinski definition) is 0. The normalized spacial score (nSPS) is 14.7. The molecule has 5 heteroatoms. The van der Waals surface area contributed by atoms with E-state index in [0.29, 0.717) is 11.7 Å². The molecule has 1 aliphatic heterocycles. The van der Waals surface area contributed by atoms with Crippen molar-refractivity contribution < 1.29 is 9.53 Å². The molecule has 0 saturated carbocycles. The number of hydrogen-bond acceptors (Lipinski definition) is 4. The molecule has 0 unspecified atom stereocenters. The first kappa shape index (κ1) is 17.3. The lowest BCUT2D eigenvalue weighted by atomic mass is 10.1. The lowest BCUT2D eigenvalue weighted by Crippen LogP contribution is -2.31. The number of ether oxygens (including phenoxy) is 1. The zero-order valence-electron chi connectivity index (χ0n) is 14.8. The molecule has 1 amide bonds. The third-order valence-corrected chi connectivity index (χ3v) is 3.92. The fraction of sp³-hybridized carbons (Fsp3) is 0.556. The van der Waals surface area contributed by atoms with Crippen LogP contribution in [-0.2, 0) is 22.4 Å². The van der Waals surface area contributed by atoms with Crippen LogP contribution in [0.1, 0.15) is 39.0 Å². The average molecular weight is 317 g/mol.